The standard InChI is InChI=1S/C30H50O/c1-19(2)20-11-14-27(5)17-18-29(7)21(25(20)27)9-10-23-28(6)15-13-24(31)26(3,4)22(28)12-16-30(23,29)8/h9,19-20,22-25,31H,10-18H2,1-8H3/t20-,22+,23+,24+,25-,27-,28+,29-,30-/m1/s1. The highest BCUT2D eigenvalue weighted by Crippen LogP contribution is 2.76. The van der Waals surface area contributed by atoms with E-state index in [1.54, 1.807) is 0 Å². The first-order valence-electron chi connectivity index (χ1n) is 13.7. The second-order valence-corrected chi connectivity index (χ2v) is 14.7. The van der Waals surface area contributed by atoms with Crippen molar-refractivity contribution in [1.29, 1.82) is 0 Å². The third-order valence-electron chi connectivity index (χ3n) is 13.1. The van der Waals surface area contributed by atoms with Crippen molar-refractivity contribution in [2.45, 2.75) is 119 Å². The molecule has 1 nitrogen and oxygen atoms in total. The maximum absolute atomic E-state index is 10.9. The Hall–Kier alpha value is -0.300. The van der Waals surface area contributed by atoms with E-state index in [0.717, 1.165) is 30.1 Å². The molecule has 1 N–H and O–H groups in total. The second kappa shape index (κ2) is 6.64. The first-order chi connectivity index (χ1) is 14.3. The molecule has 0 radical (unpaired) electrons. The van der Waals surface area contributed by atoms with Gasteiger partial charge in [0.25, 0.3) is 0 Å². The molecule has 9 atom stereocenters. The fourth-order valence-corrected chi connectivity index (χ4v) is 10.9. The van der Waals surface area contributed by atoms with Gasteiger partial charge in [-0.1, -0.05) is 67.0 Å². The van der Waals surface area contributed by atoms with E-state index in [1.165, 1.54) is 51.4 Å². The summed E-state index contributed by atoms with van der Waals surface area (Å²) in [7, 11) is 0. The zero-order valence-electron chi connectivity index (χ0n) is 21.9. The molecule has 5 aliphatic rings. The average Bonchev–Trinajstić information content (AvgIpc) is 3.04. The Morgan fingerprint density at radius 3 is 2.23 bits per heavy atom. The van der Waals surface area contributed by atoms with Crippen molar-refractivity contribution < 1.29 is 5.11 Å². The smallest absolute Gasteiger partial charge is 0.0594 e. The van der Waals surface area contributed by atoms with E-state index in [0.29, 0.717) is 27.6 Å². The van der Waals surface area contributed by atoms with Crippen LogP contribution in [0.4, 0.5) is 0 Å². The van der Waals surface area contributed by atoms with E-state index in [1.807, 2.05) is 5.57 Å². The van der Waals surface area contributed by atoms with Crippen molar-refractivity contribution in [3.8, 4) is 0 Å². The van der Waals surface area contributed by atoms with Crippen molar-refractivity contribution in [3.05, 3.63) is 11.6 Å². The fraction of sp³-hybridized carbons (Fsp3) is 0.933. The van der Waals surface area contributed by atoms with Crippen LogP contribution in [0.2, 0.25) is 0 Å². The lowest BCUT2D eigenvalue weighted by atomic mass is 9.34. The minimum absolute atomic E-state index is 0.0541. The first kappa shape index (κ1) is 22.5. The Labute approximate surface area is 192 Å². The van der Waals surface area contributed by atoms with Gasteiger partial charge in [-0.25, -0.2) is 0 Å². The Morgan fingerprint density at radius 1 is 0.839 bits per heavy atom. The van der Waals surface area contributed by atoms with Crippen LogP contribution in [0.15, 0.2) is 11.6 Å². The lowest BCUT2D eigenvalue weighted by Crippen LogP contribution is -2.64. The molecule has 5 aliphatic carbocycles. The minimum Gasteiger partial charge on any atom is -0.393 e. The van der Waals surface area contributed by atoms with Gasteiger partial charge in [0.1, 0.15) is 0 Å². The molecular formula is C30H50O. The summed E-state index contributed by atoms with van der Waals surface area (Å²) in [6, 6.07) is 0. The highest BCUT2D eigenvalue weighted by Gasteiger charge is 2.68. The zero-order valence-corrected chi connectivity index (χ0v) is 21.9. The quantitative estimate of drug-likeness (QED) is 0.421. The maximum Gasteiger partial charge on any atom is 0.0594 e. The molecule has 0 aromatic carbocycles. The third-order valence-corrected chi connectivity index (χ3v) is 13.1. The van der Waals surface area contributed by atoms with Gasteiger partial charge in [0.2, 0.25) is 0 Å². The lowest BCUT2D eigenvalue weighted by Gasteiger charge is -2.70. The van der Waals surface area contributed by atoms with Gasteiger partial charge >= 0.3 is 0 Å². The molecule has 0 unspecified atom stereocenters. The summed E-state index contributed by atoms with van der Waals surface area (Å²) in [4.78, 5) is 0. The van der Waals surface area contributed by atoms with Gasteiger partial charge in [0.05, 0.1) is 6.10 Å². The monoisotopic (exact) mass is 426 g/mol. The molecule has 0 bridgehead atoms. The van der Waals surface area contributed by atoms with Crippen molar-refractivity contribution in [3.63, 3.8) is 0 Å². The van der Waals surface area contributed by atoms with Gasteiger partial charge < -0.3 is 5.11 Å². The normalized spacial score (nSPS) is 55.7. The molecule has 4 saturated carbocycles. The summed E-state index contributed by atoms with van der Waals surface area (Å²) >= 11 is 0. The molecule has 0 amide bonds. The number of allylic oxidation sites excluding steroid dienone is 2. The van der Waals surface area contributed by atoms with Crippen LogP contribution in [0.3, 0.4) is 0 Å². The molecule has 176 valence electrons. The van der Waals surface area contributed by atoms with E-state index < -0.39 is 0 Å². The van der Waals surface area contributed by atoms with Crippen LogP contribution in [0, 0.1) is 56.7 Å². The Bertz CT molecular complexity index is 777. The van der Waals surface area contributed by atoms with E-state index in [9.17, 15) is 5.11 Å². The van der Waals surface area contributed by atoms with Crippen LogP contribution in [0.1, 0.15) is 113 Å². The minimum atomic E-state index is -0.124. The van der Waals surface area contributed by atoms with Crippen LogP contribution in [-0.2, 0) is 0 Å². The highest BCUT2D eigenvalue weighted by atomic mass is 16.3. The predicted molar refractivity (Wildman–Crippen MR) is 131 cm³/mol. The molecule has 0 aromatic rings. The fourth-order valence-electron chi connectivity index (χ4n) is 10.9. The number of hydrogen-bond donors (Lipinski definition) is 1. The Morgan fingerprint density at radius 2 is 1.55 bits per heavy atom. The number of aliphatic hydroxyl groups excluding tert-OH is 1. The van der Waals surface area contributed by atoms with Crippen LogP contribution in [-0.4, -0.2) is 11.2 Å². The zero-order chi connectivity index (χ0) is 22.6. The summed E-state index contributed by atoms with van der Waals surface area (Å²) in [6.45, 7) is 20.4. The topological polar surface area (TPSA) is 20.2 Å². The molecule has 31 heavy (non-hydrogen) atoms. The first-order valence-corrected chi connectivity index (χ1v) is 13.7. The maximum atomic E-state index is 10.9. The molecule has 0 spiro atoms. The van der Waals surface area contributed by atoms with Crippen LogP contribution >= 0.6 is 0 Å². The third kappa shape index (κ3) is 2.65. The molecular weight excluding hydrogens is 376 g/mol. The van der Waals surface area contributed by atoms with Crippen molar-refractivity contribution in [2.24, 2.45) is 56.7 Å². The molecule has 0 aromatic heterocycles. The van der Waals surface area contributed by atoms with Gasteiger partial charge in [0, 0.05) is 0 Å². The van der Waals surface area contributed by atoms with E-state index in [-0.39, 0.29) is 11.5 Å². The number of fused-ring (bicyclic) bond motifs is 7. The van der Waals surface area contributed by atoms with Gasteiger partial charge in [-0.2, -0.15) is 0 Å². The predicted octanol–water partition coefficient (Wildman–Crippen LogP) is 8.02. The van der Waals surface area contributed by atoms with E-state index in [2.05, 4.69) is 61.5 Å². The largest absolute Gasteiger partial charge is 0.393 e. The number of hydrogen-bond acceptors (Lipinski definition) is 1. The summed E-state index contributed by atoms with van der Waals surface area (Å²) in [5, 5.41) is 10.9. The van der Waals surface area contributed by atoms with Crippen LogP contribution in [0.5, 0.6) is 0 Å². The van der Waals surface area contributed by atoms with Gasteiger partial charge in [0.15, 0.2) is 0 Å². The molecule has 1 heteroatoms. The van der Waals surface area contributed by atoms with Gasteiger partial charge in [-0.05, 0) is 114 Å². The van der Waals surface area contributed by atoms with Gasteiger partial charge in [-0.15, -0.1) is 0 Å². The molecule has 0 saturated heterocycles. The molecule has 4 fully saturated rings. The Kier molecular flexibility index (Phi) is 4.82. The summed E-state index contributed by atoms with van der Waals surface area (Å²) < 4.78 is 0. The van der Waals surface area contributed by atoms with E-state index >= 15 is 0 Å². The number of aliphatic hydroxyl groups is 1. The van der Waals surface area contributed by atoms with E-state index in [4.69, 9.17) is 0 Å². The average molecular weight is 427 g/mol. The van der Waals surface area contributed by atoms with Crippen molar-refractivity contribution in [2.75, 3.05) is 0 Å². The lowest BCUT2D eigenvalue weighted by molar-refractivity contribution is -0.201. The number of rotatable bonds is 1. The van der Waals surface area contributed by atoms with Crippen LogP contribution < -0.4 is 0 Å². The van der Waals surface area contributed by atoms with Crippen molar-refractivity contribution >= 4 is 0 Å². The summed E-state index contributed by atoms with van der Waals surface area (Å²) in [6.07, 6.45) is 14.6. The summed E-state index contributed by atoms with van der Waals surface area (Å²) in [5.74, 6) is 3.92. The molecule has 5 rings (SSSR count). The SMILES string of the molecule is CC(C)[C@H]1CC[C@]2(C)CC[C@]3(C)C(=CC[C@H]4[C@@]5(C)CC[C@H](O)C(C)(C)[C@@H]5CC[C@]43C)[C@@H]12. The Balaban J connectivity index is 1.59. The van der Waals surface area contributed by atoms with Gasteiger partial charge in [-0.3, -0.25) is 0 Å². The highest BCUT2D eigenvalue weighted by molar-refractivity contribution is 5.34. The van der Waals surface area contributed by atoms with Crippen LogP contribution in [0.25, 0.3) is 0 Å². The van der Waals surface area contributed by atoms with Crippen molar-refractivity contribution in [1.82, 2.24) is 0 Å². The summed E-state index contributed by atoms with van der Waals surface area (Å²) in [5.41, 5.74) is 3.64. The molecule has 0 heterocycles. The molecule has 0 aliphatic heterocycles. The second-order valence-electron chi connectivity index (χ2n) is 14.7.